The molecule has 0 saturated heterocycles. The molecule has 0 aromatic carbocycles. The van der Waals surface area contributed by atoms with Gasteiger partial charge < -0.3 is 0 Å². The molecular formula is C11H17N3S. The van der Waals surface area contributed by atoms with Gasteiger partial charge in [-0.15, -0.1) is 23.7 Å². The highest BCUT2D eigenvalue weighted by molar-refractivity contribution is 7.09. The van der Waals surface area contributed by atoms with Crippen molar-refractivity contribution in [1.82, 2.24) is 10.4 Å². The van der Waals surface area contributed by atoms with Crippen molar-refractivity contribution < 1.29 is 0 Å². The Labute approximate surface area is 95.1 Å². The van der Waals surface area contributed by atoms with E-state index in [9.17, 15) is 0 Å². The highest BCUT2D eigenvalue weighted by atomic mass is 32.1. The number of unbranched alkanes of at least 4 members (excludes halogenated alkanes) is 1. The summed E-state index contributed by atoms with van der Waals surface area (Å²) in [6.45, 7) is 2.00. The zero-order valence-electron chi connectivity index (χ0n) is 8.99. The Kier molecular flexibility index (Phi) is 5.33. The van der Waals surface area contributed by atoms with Crippen LogP contribution in [0, 0.1) is 19.3 Å². The zero-order valence-corrected chi connectivity index (χ0v) is 9.81. The average molecular weight is 223 g/mol. The summed E-state index contributed by atoms with van der Waals surface area (Å²) in [5.41, 5.74) is 3.89. The lowest BCUT2D eigenvalue weighted by Crippen LogP contribution is -2.36. The van der Waals surface area contributed by atoms with Crippen LogP contribution in [0.5, 0.6) is 0 Å². The average Bonchev–Trinajstić information content (AvgIpc) is 2.63. The molecule has 0 aliphatic heterocycles. The quantitative estimate of drug-likeness (QED) is 0.333. The summed E-state index contributed by atoms with van der Waals surface area (Å²) in [6, 6.07) is 0.281. The molecule has 3 N–H and O–H groups in total. The van der Waals surface area contributed by atoms with Gasteiger partial charge in [0.25, 0.3) is 0 Å². The van der Waals surface area contributed by atoms with Crippen molar-refractivity contribution in [1.29, 1.82) is 0 Å². The third kappa shape index (κ3) is 4.43. The topological polar surface area (TPSA) is 50.9 Å². The maximum atomic E-state index is 5.48. The van der Waals surface area contributed by atoms with Gasteiger partial charge in [-0.3, -0.25) is 11.3 Å². The first-order valence-corrected chi connectivity index (χ1v) is 5.94. The van der Waals surface area contributed by atoms with Crippen molar-refractivity contribution in [2.75, 3.05) is 0 Å². The van der Waals surface area contributed by atoms with Crippen LogP contribution < -0.4 is 11.3 Å². The van der Waals surface area contributed by atoms with Gasteiger partial charge in [0.2, 0.25) is 0 Å². The first-order valence-electron chi connectivity index (χ1n) is 5.07. The Balaban J connectivity index is 2.37. The van der Waals surface area contributed by atoms with Gasteiger partial charge in [0, 0.05) is 30.0 Å². The minimum absolute atomic E-state index is 0.281. The number of nitrogens with one attached hydrogen (secondary N) is 1. The SMILES string of the molecule is C#CCCCC(Cc1nc(C)cs1)NN. The molecule has 4 heteroatoms. The normalized spacial score (nSPS) is 12.3. The molecule has 0 aliphatic rings. The van der Waals surface area contributed by atoms with Crippen molar-refractivity contribution >= 4 is 11.3 Å². The van der Waals surface area contributed by atoms with E-state index in [1.54, 1.807) is 11.3 Å². The van der Waals surface area contributed by atoms with E-state index >= 15 is 0 Å². The van der Waals surface area contributed by atoms with Gasteiger partial charge in [-0.05, 0) is 19.8 Å². The Morgan fingerprint density at radius 2 is 2.53 bits per heavy atom. The van der Waals surface area contributed by atoms with Crippen molar-refractivity contribution in [3.05, 3.63) is 16.1 Å². The van der Waals surface area contributed by atoms with Crippen LogP contribution in [0.4, 0.5) is 0 Å². The molecular weight excluding hydrogens is 206 g/mol. The summed E-state index contributed by atoms with van der Waals surface area (Å²) in [5, 5.41) is 3.20. The van der Waals surface area contributed by atoms with Crippen molar-refractivity contribution in [3.63, 3.8) is 0 Å². The van der Waals surface area contributed by atoms with E-state index in [4.69, 9.17) is 12.3 Å². The van der Waals surface area contributed by atoms with E-state index in [-0.39, 0.29) is 6.04 Å². The predicted molar refractivity (Wildman–Crippen MR) is 64.4 cm³/mol. The van der Waals surface area contributed by atoms with Crippen LogP contribution in [0.1, 0.15) is 30.0 Å². The number of hydrazine groups is 1. The summed E-state index contributed by atoms with van der Waals surface area (Å²) >= 11 is 1.69. The monoisotopic (exact) mass is 223 g/mol. The number of rotatable bonds is 6. The third-order valence-electron chi connectivity index (χ3n) is 2.20. The number of hydrogen-bond donors (Lipinski definition) is 2. The fourth-order valence-corrected chi connectivity index (χ4v) is 2.26. The van der Waals surface area contributed by atoms with Crippen LogP contribution in [-0.4, -0.2) is 11.0 Å². The van der Waals surface area contributed by atoms with Gasteiger partial charge in [0.05, 0.1) is 5.01 Å². The molecule has 1 heterocycles. The van der Waals surface area contributed by atoms with E-state index < -0.39 is 0 Å². The van der Waals surface area contributed by atoms with Crippen LogP contribution in [0.25, 0.3) is 0 Å². The van der Waals surface area contributed by atoms with Gasteiger partial charge in [0.15, 0.2) is 0 Å². The minimum Gasteiger partial charge on any atom is -0.271 e. The second-order valence-electron chi connectivity index (χ2n) is 3.55. The second kappa shape index (κ2) is 6.57. The molecule has 0 aliphatic carbocycles. The molecule has 0 bridgehead atoms. The second-order valence-corrected chi connectivity index (χ2v) is 4.49. The van der Waals surface area contributed by atoms with Gasteiger partial charge in [-0.25, -0.2) is 4.98 Å². The van der Waals surface area contributed by atoms with Gasteiger partial charge in [-0.1, -0.05) is 0 Å². The lowest BCUT2D eigenvalue weighted by molar-refractivity contribution is 0.478. The van der Waals surface area contributed by atoms with E-state index in [0.717, 1.165) is 36.4 Å². The Morgan fingerprint density at radius 1 is 1.73 bits per heavy atom. The van der Waals surface area contributed by atoms with Crippen LogP contribution in [0.2, 0.25) is 0 Å². The molecule has 3 nitrogen and oxygen atoms in total. The number of nitrogens with zero attached hydrogens (tertiary/aromatic N) is 1. The maximum Gasteiger partial charge on any atom is 0.0944 e. The van der Waals surface area contributed by atoms with Crippen LogP contribution >= 0.6 is 11.3 Å². The fourth-order valence-electron chi connectivity index (χ4n) is 1.40. The van der Waals surface area contributed by atoms with Gasteiger partial charge in [-0.2, -0.15) is 0 Å². The van der Waals surface area contributed by atoms with Crippen LogP contribution in [0.3, 0.4) is 0 Å². The molecule has 1 atom stereocenters. The Morgan fingerprint density at radius 3 is 3.07 bits per heavy atom. The van der Waals surface area contributed by atoms with Crippen LogP contribution in [0.15, 0.2) is 5.38 Å². The first-order chi connectivity index (χ1) is 7.26. The first kappa shape index (κ1) is 12.2. The standard InChI is InChI=1S/C11H17N3S/c1-3-4-5-6-10(14-12)7-11-13-9(2)8-15-11/h1,8,10,14H,4-7,12H2,2H3. The molecule has 1 aromatic rings. The van der Waals surface area contributed by atoms with Gasteiger partial charge in [0.1, 0.15) is 0 Å². The lowest BCUT2D eigenvalue weighted by Gasteiger charge is -2.13. The predicted octanol–water partition coefficient (Wildman–Crippen LogP) is 1.63. The molecule has 1 aromatic heterocycles. The van der Waals surface area contributed by atoms with E-state index in [2.05, 4.69) is 21.7 Å². The molecule has 1 rings (SSSR count). The summed E-state index contributed by atoms with van der Waals surface area (Å²) in [5.74, 6) is 8.12. The molecule has 0 radical (unpaired) electrons. The number of hydrogen-bond acceptors (Lipinski definition) is 4. The molecule has 0 spiro atoms. The van der Waals surface area contributed by atoms with Crippen molar-refractivity contribution in [2.45, 2.75) is 38.6 Å². The summed E-state index contributed by atoms with van der Waals surface area (Å²) < 4.78 is 0. The summed E-state index contributed by atoms with van der Waals surface area (Å²) in [7, 11) is 0. The van der Waals surface area contributed by atoms with Crippen LogP contribution in [-0.2, 0) is 6.42 Å². The van der Waals surface area contributed by atoms with E-state index in [1.165, 1.54) is 0 Å². The highest BCUT2D eigenvalue weighted by Gasteiger charge is 2.09. The van der Waals surface area contributed by atoms with Crippen molar-refractivity contribution in [3.8, 4) is 12.3 Å². The Bertz CT molecular complexity index is 327. The summed E-state index contributed by atoms with van der Waals surface area (Å²) in [4.78, 5) is 4.41. The lowest BCUT2D eigenvalue weighted by atomic mass is 10.1. The molecule has 0 saturated carbocycles. The molecule has 0 fully saturated rings. The largest absolute Gasteiger partial charge is 0.271 e. The number of thiazole rings is 1. The number of aromatic nitrogens is 1. The highest BCUT2D eigenvalue weighted by Crippen LogP contribution is 2.13. The number of nitrogens with two attached hydrogens (primary N) is 1. The van der Waals surface area contributed by atoms with Gasteiger partial charge >= 0.3 is 0 Å². The summed E-state index contributed by atoms with van der Waals surface area (Å²) in [6.07, 6.45) is 8.91. The number of terminal acetylenes is 1. The number of aryl methyl sites for hydroxylation is 1. The molecule has 82 valence electrons. The maximum absolute atomic E-state index is 5.48. The minimum atomic E-state index is 0.281. The molecule has 1 unspecified atom stereocenters. The fraction of sp³-hybridized carbons (Fsp3) is 0.545. The van der Waals surface area contributed by atoms with Crippen molar-refractivity contribution in [2.24, 2.45) is 5.84 Å². The zero-order chi connectivity index (χ0) is 11.1. The van der Waals surface area contributed by atoms with E-state index in [0.29, 0.717) is 0 Å². The smallest absolute Gasteiger partial charge is 0.0944 e. The van der Waals surface area contributed by atoms with E-state index in [1.807, 2.05) is 6.92 Å². The molecule has 15 heavy (non-hydrogen) atoms. The third-order valence-corrected chi connectivity index (χ3v) is 3.19. The molecule has 0 amide bonds. The Hall–Kier alpha value is -0.890.